The molecule has 3 heterocycles. The highest BCUT2D eigenvalue weighted by molar-refractivity contribution is 5.77. The van der Waals surface area contributed by atoms with Gasteiger partial charge in [-0.15, -0.1) is 5.10 Å². The molecule has 2 N–H and O–H groups in total. The van der Waals surface area contributed by atoms with Crippen LogP contribution in [0, 0.1) is 0 Å². The fourth-order valence-corrected chi connectivity index (χ4v) is 2.61. The van der Waals surface area contributed by atoms with Crippen LogP contribution in [-0.4, -0.2) is 64.9 Å². The van der Waals surface area contributed by atoms with Crippen LogP contribution in [0.3, 0.4) is 0 Å². The molecule has 0 spiro atoms. The molecular formula is C17H22N6O2. The van der Waals surface area contributed by atoms with Gasteiger partial charge in [0.25, 0.3) is 0 Å². The molecule has 0 aliphatic carbocycles. The van der Waals surface area contributed by atoms with Crippen LogP contribution in [0.4, 0.5) is 5.82 Å². The first-order chi connectivity index (χ1) is 12.3. The molecule has 3 rings (SSSR count). The van der Waals surface area contributed by atoms with Crippen LogP contribution in [-0.2, 0) is 16.1 Å². The molecule has 8 heteroatoms. The molecule has 0 saturated carbocycles. The average Bonchev–Trinajstić information content (AvgIpc) is 2.67. The third-order valence-electron chi connectivity index (χ3n) is 3.87. The summed E-state index contributed by atoms with van der Waals surface area (Å²) in [6.45, 7) is 3.49. The van der Waals surface area contributed by atoms with Gasteiger partial charge in [-0.25, -0.2) is 0 Å². The minimum Gasteiger partial charge on any atom is -0.374 e. The number of amides is 1. The zero-order chi connectivity index (χ0) is 17.3. The van der Waals surface area contributed by atoms with Gasteiger partial charge < -0.3 is 15.4 Å². The number of carbonyl (C=O) groups is 1. The number of hydrogen-bond acceptors (Lipinski definition) is 7. The van der Waals surface area contributed by atoms with Crippen molar-refractivity contribution in [2.24, 2.45) is 0 Å². The van der Waals surface area contributed by atoms with Crippen molar-refractivity contribution in [2.75, 3.05) is 38.1 Å². The zero-order valence-corrected chi connectivity index (χ0v) is 14.0. The van der Waals surface area contributed by atoms with Gasteiger partial charge in [0, 0.05) is 32.0 Å². The third-order valence-corrected chi connectivity index (χ3v) is 3.87. The molecule has 1 atom stereocenters. The lowest BCUT2D eigenvalue weighted by Gasteiger charge is -2.32. The Morgan fingerprint density at radius 2 is 2.24 bits per heavy atom. The Balaban J connectivity index is 1.39. The molecule has 0 radical (unpaired) electrons. The molecule has 8 nitrogen and oxygen atoms in total. The monoisotopic (exact) mass is 342 g/mol. The molecule has 1 aliphatic rings. The predicted octanol–water partition coefficient (Wildman–Crippen LogP) is 0.301. The molecular weight excluding hydrogens is 320 g/mol. The first kappa shape index (κ1) is 17.2. The average molecular weight is 342 g/mol. The highest BCUT2D eigenvalue weighted by Gasteiger charge is 2.22. The van der Waals surface area contributed by atoms with Crippen LogP contribution in [0.5, 0.6) is 0 Å². The van der Waals surface area contributed by atoms with E-state index in [1.54, 1.807) is 12.4 Å². The minimum atomic E-state index is -0.00631. The highest BCUT2D eigenvalue weighted by Crippen LogP contribution is 2.07. The zero-order valence-electron chi connectivity index (χ0n) is 14.0. The van der Waals surface area contributed by atoms with Crippen LogP contribution in [0.1, 0.15) is 5.69 Å². The van der Waals surface area contributed by atoms with Gasteiger partial charge in [0.1, 0.15) is 5.82 Å². The third kappa shape index (κ3) is 5.77. The molecule has 1 amide bonds. The van der Waals surface area contributed by atoms with Gasteiger partial charge >= 0.3 is 0 Å². The Bertz CT molecular complexity index is 655. The number of morpholine rings is 1. The quantitative estimate of drug-likeness (QED) is 0.748. The van der Waals surface area contributed by atoms with E-state index >= 15 is 0 Å². The molecule has 0 unspecified atom stereocenters. The maximum Gasteiger partial charge on any atom is 0.234 e. The minimum absolute atomic E-state index is 0.00631. The van der Waals surface area contributed by atoms with Crippen LogP contribution >= 0.6 is 0 Å². The van der Waals surface area contributed by atoms with Gasteiger partial charge in [-0.05, 0) is 24.3 Å². The summed E-state index contributed by atoms with van der Waals surface area (Å²) in [5.74, 6) is 0.713. The molecule has 25 heavy (non-hydrogen) atoms. The van der Waals surface area contributed by atoms with E-state index in [1.165, 1.54) is 0 Å². The van der Waals surface area contributed by atoms with Crippen molar-refractivity contribution in [1.29, 1.82) is 0 Å². The van der Waals surface area contributed by atoms with E-state index in [-0.39, 0.29) is 12.0 Å². The predicted molar refractivity (Wildman–Crippen MR) is 92.8 cm³/mol. The second-order valence-corrected chi connectivity index (χ2v) is 5.82. The molecule has 2 aromatic heterocycles. The standard InChI is InChI=1S/C17H22N6O2/c24-17(20-10-14-4-1-2-6-18-14)13-23-8-9-25-15(12-23)11-19-16-5-3-7-21-22-16/h1-7,15H,8-13H2,(H,19,22)(H,20,24)/t15-/m1/s1. The van der Waals surface area contributed by atoms with Crippen LogP contribution < -0.4 is 10.6 Å². The summed E-state index contributed by atoms with van der Waals surface area (Å²) in [5.41, 5.74) is 0.851. The molecule has 1 aliphatic heterocycles. The smallest absolute Gasteiger partial charge is 0.234 e. The Morgan fingerprint density at radius 1 is 1.28 bits per heavy atom. The summed E-state index contributed by atoms with van der Waals surface area (Å²) in [5, 5.41) is 13.9. The number of rotatable bonds is 7. The lowest BCUT2D eigenvalue weighted by molar-refractivity contribution is -0.124. The van der Waals surface area contributed by atoms with Gasteiger partial charge in [0.05, 0.1) is 31.5 Å². The van der Waals surface area contributed by atoms with Crippen molar-refractivity contribution in [3.05, 3.63) is 48.4 Å². The Kier molecular flexibility index (Phi) is 6.24. The van der Waals surface area contributed by atoms with Crippen molar-refractivity contribution in [3.63, 3.8) is 0 Å². The first-order valence-corrected chi connectivity index (χ1v) is 8.32. The van der Waals surface area contributed by atoms with E-state index in [9.17, 15) is 4.79 Å². The molecule has 2 aromatic rings. The van der Waals surface area contributed by atoms with E-state index < -0.39 is 0 Å². The number of anilines is 1. The second-order valence-electron chi connectivity index (χ2n) is 5.82. The van der Waals surface area contributed by atoms with Crippen LogP contribution in [0.25, 0.3) is 0 Å². The number of hydrogen-bond donors (Lipinski definition) is 2. The van der Waals surface area contributed by atoms with E-state index in [0.717, 1.165) is 18.1 Å². The number of aromatic nitrogens is 3. The Morgan fingerprint density at radius 3 is 3.04 bits per heavy atom. The maximum absolute atomic E-state index is 12.1. The lowest BCUT2D eigenvalue weighted by Crippen LogP contribution is -2.48. The summed E-state index contributed by atoms with van der Waals surface area (Å²) in [4.78, 5) is 18.4. The first-order valence-electron chi connectivity index (χ1n) is 8.32. The number of ether oxygens (including phenoxy) is 1. The fourth-order valence-electron chi connectivity index (χ4n) is 2.61. The van der Waals surface area contributed by atoms with Crippen LogP contribution in [0.15, 0.2) is 42.7 Å². The van der Waals surface area contributed by atoms with Crippen molar-refractivity contribution < 1.29 is 9.53 Å². The molecule has 132 valence electrons. The number of nitrogens with one attached hydrogen (secondary N) is 2. The SMILES string of the molecule is O=C(CN1CCO[C@H](CNc2cccnn2)C1)NCc1ccccn1. The number of carbonyl (C=O) groups excluding carboxylic acids is 1. The van der Waals surface area contributed by atoms with E-state index in [0.29, 0.717) is 32.8 Å². The second kappa shape index (κ2) is 9.05. The molecule has 1 fully saturated rings. The lowest BCUT2D eigenvalue weighted by atomic mass is 10.2. The Labute approximate surface area is 146 Å². The van der Waals surface area contributed by atoms with Gasteiger partial charge in [0.15, 0.2) is 0 Å². The van der Waals surface area contributed by atoms with Gasteiger partial charge in [-0.3, -0.25) is 14.7 Å². The molecule has 1 saturated heterocycles. The number of pyridine rings is 1. The molecule has 0 aromatic carbocycles. The maximum atomic E-state index is 12.1. The summed E-state index contributed by atoms with van der Waals surface area (Å²) in [6.07, 6.45) is 3.37. The molecule has 0 bridgehead atoms. The van der Waals surface area contributed by atoms with Gasteiger partial charge in [-0.1, -0.05) is 6.07 Å². The largest absolute Gasteiger partial charge is 0.374 e. The van der Waals surface area contributed by atoms with Crippen molar-refractivity contribution in [1.82, 2.24) is 25.4 Å². The van der Waals surface area contributed by atoms with E-state index in [1.807, 2.05) is 30.3 Å². The fraction of sp³-hybridized carbons (Fsp3) is 0.412. The van der Waals surface area contributed by atoms with E-state index in [2.05, 4.69) is 30.7 Å². The normalized spacial score (nSPS) is 17.8. The Hall–Kier alpha value is -2.58. The van der Waals surface area contributed by atoms with Crippen molar-refractivity contribution in [3.8, 4) is 0 Å². The summed E-state index contributed by atoms with van der Waals surface area (Å²) in [7, 11) is 0. The summed E-state index contributed by atoms with van der Waals surface area (Å²) >= 11 is 0. The van der Waals surface area contributed by atoms with Crippen LogP contribution in [0.2, 0.25) is 0 Å². The van der Waals surface area contributed by atoms with Crippen molar-refractivity contribution in [2.45, 2.75) is 12.6 Å². The van der Waals surface area contributed by atoms with E-state index in [4.69, 9.17) is 4.74 Å². The van der Waals surface area contributed by atoms with Gasteiger partial charge in [0.2, 0.25) is 5.91 Å². The van der Waals surface area contributed by atoms with Crippen molar-refractivity contribution >= 4 is 11.7 Å². The topological polar surface area (TPSA) is 92.3 Å². The summed E-state index contributed by atoms with van der Waals surface area (Å²) < 4.78 is 5.75. The summed E-state index contributed by atoms with van der Waals surface area (Å²) in [6, 6.07) is 9.34. The number of nitrogens with zero attached hydrogens (tertiary/aromatic N) is 4. The highest BCUT2D eigenvalue weighted by atomic mass is 16.5. The van der Waals surface area contributed by atoms with Gasteiger partial charge in [-0.2, -0.15) is 5.10 Å².